The number of benzene rings is 4. The molecule has 91 heavy (non-hydrogen) atoms. The zero-order valence-corrected chi connectivity index (χ0v) is 59.7. The lowest BCUT2D eigenvalue weighted by Crippen LogP contribution is -2.54. The highest BCUT2D eigenvalue weighted by molar-refractivity contribution is 7.00. The van der Waals surface area contributed by atoms with Gasteiger partial charge in [-0.2, -0.15) is 29.9 Å². The van der Waals surface area contributed by atoms with Gasteiger partial charge in [0.15, 0.2) is 16.6 Å². The van der Waals surface area contributed by atoms with E-state index in [2.05, 4.69) is 84.3 Å². The molecular weight excluding hydrogens is 1220 g/mol. The minimum atomic E-state index is -2.34. The van der Waals surface area contributed by atoms with Gasteiger partial charge in [0.1, 0.15) is 0 Å². The van der Waals surface area contributed by atoms with Crippen LogP contribution in [0, 0.1) is 0 Å². The predicted molar refractivity (Wildman–Crippen MR) is 376 cm³/mol. The Morgan fingerprint density at radius 1 is 0.341 bits per heavy atom. The number of rotatable bonds is 40. The third-order valence-corrected chi connectivity index (χ3v) is 35.6. The monoisotopic (exact) mass is 1310 g/mol. The summed E-state index contributed by atoms with van der Waals surface area (Å²) >= 11 is 0. The van der Waals surface area contributed by atoms with Crippen LogP contribution in [0.4, 0.5) is 58.4 Å². The van der Waals surface area contributed by atoms with Gasteiger partial charge in [0.05, 0.1) is 48.7 Å². The summed E-state index contributed by atoms with van der Waals surface area (Å²) in [6, 6.07) is 29.9. The van der Waals surface area contributed by atoms with E-state index >= 15 is 0 Å². The molecule has 2 heterocycles. The third kappa shape index (κ3) is 26.3. The predicted octanol–water partition coefficient (Wildman–Crippen LogP) is 16.1. The van der Waals surface area contributed by atoms with Gasteiger partial charge >= 0.3 is 23.9 Å². The number of nitrogens with zero attached hydrogens (tertiary/aromatic N) is 6. The Hall–Kier alpha value is -7.59. The lowest BCUT2D eigenvalue weighted by atomic mass is 10.2. The lowest BCUT2D eigenvalue weighted by Gasteiger charge is -2.43. The summed E-state index contributed by atoms with van der Waals surface area (Å²) in [6.07, 6.45) is 8.61. The van der Waals surface area contributed by atoms with Gasteiger partial charge in [-0.3, -0.25) is 0 Å². The van der Waals surface area contributed by atoms with E-state index in [9.17, 15) is 19.2 Å². The minimum Gasteiger partial charge on any atom is -0.462 e. The number of hydrogen-bond donors (Lipinski definition) is 6. The van der Waals surface area contributed by atoms with Crippen molar-refractivity contribution in [2.45, 2.75) is 168 Å². The van der Waals surface area contributed by atoms with Gasteiger partial charge in [-0.1, -0.05) is 92.7 Å². The smallest absolute Gasteiger partial charge is 0.338 e. The van der Waals surface area contributed by atoms with Crippen molar-refractivity contribution in [3.63, 3.8) is 0 Å². The van der Waals surface area contributed by atoms with Crippen LogP contribution in [0.5, 0.6) is 0 Å². The Balaban J connectivity index is 1.16. The molecule has 0 amide bonds. The minimum absolute atomic E-state index is 0.289. The first kappa shape index (κ1) is 72.5. The molecule has 6 N–H and O–H groups in total. The molecule has 492 valence electrons. The van der Waals surface area contributed by atoms with E-state index in [4.69, 9.17) is 53.0 Å². The first-order chi connectivity index (χ1) is 43.4. The molecule has 2 aromatic heterocycles. The van der Waals surface area contributed by atoms with Crippen LogP contribution < -0.4 is 31.9 Å². The van der Waals surface area contributed by atoms with Crippen LogP contribution in [0.2, 0.25) is 75.8 Å². The molecule has 6 rings (SSSR count). The van der Waals surface area contributed by atoms with Crippen LogP contribution in [0.1, 0.15) is 133 Å². The summed E-state index contributed by atoms with van der Waals surface area (Å²) in [7, 11) is -7.91. The molecule has 0 saturated carbocycles. The Morgan fingerprint density at radius 2 is 0.571 bits per heavy atom. The number of ether oxygens (including phenoxy) is 4. The summed E-state index contributed by atoms with van der Waals surface area (Å²) in [4.78, 5) is 79.3. The molecule has 0 radical (unpaired) electrons. The van der Waals surface area contributed by atoms with Crippen molar-refractivity contribution in [3.05, 3.63) is 119 Å². The average molecular weight is 1320 g/mol. The average Bonchev–Trinajstić information content (AvgIpc) is 1.25. The molecule has 4 aromatic carbocycles. The van der Waals surface area contributed by atoms with Crippen molar-refractivity contribution >= 4 is 115 Å². The summed E-state index contributed by atoms with van der Waals surface area (Å²) in [5, 5.41) is 20.2. The van der Waals surface area contributed by atoms with Crippen molar-refractivity contribution in [2.24, 2.45) is 0 Å². The van der Waals surface area contributed by atoms with Crippen LogP contribution in [-0.2, 0) is 23.1 Å². The van der Waals surface area contributed by atoms with Gasteiger partial charge in [0, 0.05) is 52.0 Å². The molecular formula is C66H98N12O9Si4. The Bertz CT molecular complexity index is 2860. The molecule has 0 saturated heterocycles. The quantitative estimate of drug-likeness (QED) is 0.00903. The lowest BCUT2D eigenvalue weighted by molar-refractivity contribution is 0.0490. The van der Waals surface area contributed by atoms with Gasteiger partial charge in [-0.25, -0.2) is 19.2 Å². The maximum Gasteiger partial charge on any atom is 0.338 e. The number of carbonyl (C=O) groups excluding carboxylic acids is 4. The maximum atomic E-state index is 12.7. The maximum absolute atomic E-state index is 12.7. The Labute approximate surface area is 542 Å². The molecule has 21 nitrogen and oxygen atoms in total. The molecule has 0 aliphatic carbocycles. The fourth-order valence-electron chi connectivity index (χ4n) is 10.5. The van der Waals surface area contributed by atoms with Gasteiger partial charge in [0.25, 0.3) is 0 Å². The molecule has 25 heteroatoms. The molecule has 6 aromatic rings. The van der Waals surface area contributed by atoms with Crippen molar-refractivity contribution < 1.29 is 42.2 Å². The SMILES string of the molecule is CCCCOC(=O)c1ccc(Nc2nc(NCCC[Si](C)(C[Si](C)(C)C)O[Si](C)(CCCNc3nc(Nc4ccc(C(=O)OCCCC)cc4)nc(Nc4ccc(C(=O)OCCCC)cc4)n3)C[Si](C)(C)C)nc(Nc3ccc(C(=O)OCCCC)cc3)n2)cc1. The van der Waals surface area contributed by atoms with Gasteiger partial charge in [0.2, 0.25) is 35.7 Å². The topological polar surface area (TPSA) is 264 Å². The second-order valence-corrected chi connectivity index (χ2v) is 46.6. The molecule has 0 bridgehead atoms. The van der Waals surface area contributed by atoms with Crippen molar-refractivity contribution in [1.82, 2.24) is 29.9 Å². The van der Waals surface area contributed by atoms with Crippen LogP contribution in [-0.4, -0.2) is 126 Å². The highest BCUT2D eigenvalue weighted by Gasteiger charge is 2.43. The van der Waals surface area contributed by atoms with Crippen molar-refractivity contribution in [2.75, 3.05) is 71.4 Å². The second kappa shape index (κ2) is 35.9. The standard InChI is InChI=1S/C66H98N12O9Si4/c1-13-17-41-83-57(79)49-23-31-53(32-24-49)69-63-73-61(74-64(77-63)70-54-33-25-50(26-34-54)58(80)84-42-18-14-2)67-39-21-45-90(11,47-88(5,6)7)87-91(12,48-89(8,9)10)46-22-40-68-62-75-65(71-55-35-27-51(28-36-55)59(81)85-43-19-15-3)78-66(76-62)72-56-37-29-52(30-38-56)60(82)86-44-20-16-4/h23-38H,13-22,39-48H2,1-12H3,(H3,67,69,70,73,74,77)(H3,68,71,72,75,76,78). The Kier molecular flexibility index (Phi) is 28.6. The number of esters is 4. The highest BCUT2D eigenvalue weighted by atomic mass is 28.5. The fraction of sp³-hybridized carbons (Fsp3) is 0.485. The normalized spacial score (nSPS) is 12.8. The number of aromatic nitrogens is 6. The first-order valence-corrected chi connectivity index (χ1v) is 45.4. The first-order valence-electron chi connectivity index (χ1n) is 32.3. The molecule has 0 aliphatic rings. The van der Waals surface area contributed by atoms with Crippen molar-refractivity contribution in [3.8, 4) is 0 Å². The van der Waals surface area contributed by atoms with E-state index in [-0.39, 0.29) is 47.7 Å². The molecule has 2 atom stereocenters. The van der Waals surface area contributed by atoms with E-state index < -0.39 is 32.8 Å². The number of nitrogens with one attached hydrogen (secondary N) is 6. The van der Waals surface area contributed by atoms with Crippen LogP contribution in [0.3, 0.4) is 0 Å². The van der Waals surface area contributed by atoms with E-state index in [0.29, 0.717) is 96.4 Å². The summed E-state index contributed by atoms with van der Waals surface area (Å²) in [5.74, 6) is 0.422. The van der Waals surface area contributed by atoms with Gasteiger partial charge < -0.3 is 55.0 Å². The molecule has 0 spiro atoms. The van der Waals surface area contributed by atoms with Crippen LogP contribution >= 0.6 is 0 Å². The number of carbonyl (C=O) groups is 4. The van der Waals surface area contributed by atoms with Crippen LogP contribution in [0.15, 0.2) is 97.1 Å². The Morgan fingerprint density at radius 3 is 0.791 bits per heavy atom. The number of anilines is 10. The van der Waals surface area contributed by atoms with Crippen LogP contribution in [0.25, 0.3) is 0 Å². The zero-order chi connectivity index (χ0) is 65.9. The van der Waals surface area contributed by atoms with E-state index in [0.717, 1.165) is 87.6 Å². The summed E-state index contributed by atoms with van der Waals surface area (Å²) in [5.41, 5.74) is 6.74. The second-order valence-electron chi connectivity index (χ2n) is 25.9. The van der Waals surface area contributed by atoms with E-state index in [1.165, 1.54) is 0 Å². The number of unbranched alkanes of at least 4 members (excludes halogenated alkanes) is 4. The molecule has 2 unspecified atom stereocenters. The van der Waals surface area contributed by atoms with E-state index in [1.807, 2.05) is 27.7 Å². The molecule has 0 fully saturated rings. The van der Waals surface area contributed by atoms with Gasteiger partial charge in [-0.05, 0) is 172 Å². The summed E-state index contributed by atoms with van der Waals surface area (Å²) < 4.78 is 29.6. The zero-order valence-electron chi connectivity index (χ0n) is 55.7. The van der Waals surface area contributed by atoms with Crippen molar-refractivity contribution in [1.29, 1.82) is 0 Å². The van der Waals surface area contributed by atoms with E-state index in [1.54, 1.807) is 97.1 Å². The number of hydrogen-bond acceptors (Lipinski definition) is 21. The summed E-state index contributed by atoms with van der Waals surface area (Å²) in [6.45, 7) is 30.4. The third-order valence-electron chi connectivity index (χ3n) is 14.3. The molecule has 0 aliphatic heterocycles. The van der Waals surface area contributed by atoms with Gasteiger partial charge in [-0.15, -0.1) is 0 Å². The highest BCUT2D eigenvalue weighted by Crippen LogP contribution is 2.35. The fourth-order valence-corrected chi connectivity index (χ4v) is 39.2. The largest absolute Gasteiger partial charge is 0.462 e.